The summed E-state index contributed by atoms with van der Waals surface area (Å²) in [5.41, 5.74) is 3.18. The summed E-state index contributed by atoms with van der Waals surface area (Å²) in [5.74, 6) is -0.323. The van der Waals surface area contributed by atoms with Crippen LogP contribution in [0.4, 0.5) is 0 Å². The van der Waals surface area contributed by atoms with Crippen LogP contribution in [0.2, 0.25) is 0 Å². The van der Waals surface area contributed by atoms with Gasteiger partial charge in [0.15, 0.2) is 0 Å². The molecule has 0 aliphatic carbocycles. The molecule has 0 unspecified atom stereocenters. The van der Waals surface area contributed by atoms with Crippen LogP contribution < -0.4 is 9.47 Å². The number of nitrogens with zero attached hydrogens (tertiary/aromatic N) is 2. The lowest BCUT2D eigenvalue weighted by Crippen LogP contribution is -2.37. The molecule has 0 bridgehead atoms. The molecule has 32 heavy (non-hydrogen) atoms. The first-order valence-corrected chi connectivity index (χ1v) is 11.9. The Morgan fingerprint density at radius 1 is 1.22 bits per heavy atom. The zero-order chi connectivity index (χ0) is 23.3. The number of sulfonamides is 1. The van der Waals surface area contributed by atoms with E-state index in [1.165, 1.54) is 4.31 Å². The molecular formula is C23H26N2O6S. The van der Waals surface area contributed by atoms with Gasteiger partial charge in [-0.05, 0) is 61.2 Å². The Hall–Kier alpha value is -3.09. The first kappa shape index (κ1) is 23.6. The highest BCUT2D eigenvalue weighted by atomic mass is 32.2. The summed E-state index contributed by atoms with van der Waals surface area (Å²) < 4.78 is 37.6. The van der Waals surface area contributed by atoms with Gasteiger partial charge in [-0.2, -0.15) is 9.57 Å². The predicted molar refractivity (Wildman–Crippen MR) is 118 cm³/mol. The smallest absolute Gasteiger partial charge is 0.304 e. The lowest BCUT2D eigenvalue weighted by Gasteiger charge is -2.28. The summed E-state index contributed by atoms with van der Waals surface area (Å²) in [6.07, 6.45) is 0.0950. The van der Waals surface area contributed by atoms with Crippen molar-refractivity contribution in [3.05, 3.63) is 58.7 Å². The molecule has 0 amide bonds. The van der Waals surface area contributed by atoms with E-state index in [1.54, 1.807) is 18.2 Å². The molecule has 0 radical (unpaired) electrons. The lowest BCUT2D eigenvalue weighted by atomic mass is 10.0. The zero-order valence-corrected chi connectivity index (χ0v) is 18.9. The number of aliphatic carboxylic acids is 1. The van der Waals surface area contributed by atoms with Gasteiger partial charge in [0.1, 0.15) is 24.2 Å². The standard InChI is InChI=1S/C23H26N2O6S/c1-16(2)31-22-6-3-17(11-20(22)13-24)15-30-21-5-4-19-14-25(9-7-18(19)12-21)32(28,29)10-8-23(26)27/h3-6,11-12,16H,7-10,14-15H2,1-2H3,(H,26,27). The Bertz CT molecular complexity index is 1140. The number of fused-ring (bicyclic) bond motifs is 1. The average molecular weight is 459 g/mol. The van der Waals surface area contributed by atoms with Crippen LogP contribution in [-0.2, 0) is 34.4 Å². The van der Waals surface area contributed by atoms with Gasteiger partial charge in [-0.15, -0.1) is 0 Å². The molecule has 1 aliphatic heterocycles. The van der Waals surface area contributed by atoms with Crippen molar-refractivity contribution in [3.63, 3.8) is 0 Å². The highest BCUT2D eigenvalue weighted by Gasteiger charge is 2.27. The average Bonchev–Trinajstić information content (AvgIpc) is 2.76. The Kier molecular flexibility index (Phi) is 7.38. The van der Waals surface area contributed by atoms with Crippen LogP contribution >= 0.6 is 0 Å². The van der Waals surface area contributed by atoms with E-state index < -0.39 is 28.2 Å². The normalized spacial score (nSPS) is 13.9. The van der Waals surface area contributed by atoms with Crippen molar-refractivity contribution in [2.24, 2.45) is 0 Å². The van der Waals surface area contributed by atoms with Crippen molar-refractivity contribution < 1.29 is 27.8 Å². The number of benzene rings is 2. The van der Waals surface area contributed by atoms with Gasteiger partial charge in [0.05, 0.1) is 23.8 Å². The van der Waals surface area contributed by atoms with Crippen LogP contribution in [-0.4, -0.2) is 42.2 Å². The summed E-state index contributed by atoms with van der Waals surface area (Å²) in [4.78, 5) is 10.7. The van der Waals surface area contributed by atoms with E-state index in [4.69, 9.17) is 14.6 Å². The molecule has 2 aromatic rings. The molecule has 0 spiro atoms. The second-order valence-corrected chi connectivity index (χ2v) is 9.96. The Morgan fingerprint density at radius 3 is 2.69 bits per heavy atom. The summed E-state index contributed by atoms with van der Waals surface area (Å²) >= 11 is 0. The largest absolute Gasteiger partial charge is 0.490 e. The molecule has 0 fully saturated rings. The number of carbonyl (C=O) groups is 1. The maximum atomic E-state index is 12.4. The molecule has 0 aromatic heterocycles. The van der Waals surface area contributed by atoms with Crippen LogP contribution in [0, 0.1) is 11.3 Å². The zero-order valence-electron chi connectivity index (χ0n) is 18.1. The first-order valence-electron chi connectivity index (χ1n) is 10.3. The minimum absolute atomic E-state index is 0.0252. The maximum Gasteiger partial charge on any atom is 0.304 e. The van der Waals surface area contributed by atoms with Crippen molar-refractivity contribution >= 4 is 16.0 Å². The molecule has 9 heteroatoms. The van der Waals surface area contributed by atoms with Crippen LogP contribution in [0.1, 0.15) is 42.5 Å². The van der Waals surface area contributed by atoms with Gasteiger partial charge < -0.3 is 14.6 Å². The molecular weight excluding hydrogens is 432 g/mol. The van der Waals surface area contributed by atoms with E-state index >= 15 is 0 Å². The molecule has 0 saturated heterocycles. The van der Waals surface area contributed by atoms with Crippen molar-refractivity contribution in [1.29, 1.82) is 5.26 Å². The Balaban J connectivity index is 1.64. The molecule has 170 valence electrons. The first-order chi connectivity index (χ1) is 15.2. The highest BCUT2D eigenvalue weighted by Crippen LogP contribution is 2.27. The van der Waals surface area contributed by atoms with Crippen molar-refractivity contribution in [1.82, 2.24) is 4.31 Å². The number of hydrogen-bond donors (Lipinski definition) is 1. The van der Waals surface area contributed by atoms with Gasteiger partial charge in [0, 0.05) is 13.1 Å². The fourth-order valence-corrected chi connectivity index (χ4v) is 4.85. The van der Waals surface area contributed by atoms with E-state index in [9.17, 15) is 18.5 Å². The number of nitriles is 1. The predicted octanol–water partition coefficient (Wildman–Crippen LogP) is 3.09. The van der Waals surface area contributed by atoms with E-state index in [2.05, 4.69) is 6.07 Å². The molecule has 0 atom stereocenters. The lowest BCUT2D eigenvalue weighted by molar-refractivity contribution is -0.136. The van der Waals surface area contributed by atoms with Gasteiger partial charge in [0.2, 0.25) is 10.0 Å². The van der Waals surface area contributed by atoms with Crippen molar-refractivity contribution in [3.8, 4) is 17.6 Å². The third kappa shape index (κ3) is 5.99. The third-order valence-electron chi connectivity index (χ3n) is 5.05. The van der Waals surface area contributed by atoms with Crippen molar-refractivity contribution in [2.45, 2.75) is 45.9 Å². The number of rotatable bonds is 9. The van der Waals surface area contributed by atoms with E-state index in [0.29, 0.717) is 30.0 Å². The van der Waals surface area contributed by atoms with Gasteiger partial charge in [0.25, 0.3) is 0 Å². The Labute approximate surface area is 188 Å². The van der Waals surface area contributed by atoms with E-state index in [-0.39, 0.29) is 19.3 Å². The quantitative estimate of drug-likeness (QED) is 0.614. The monoisotopic (exact) mass is 458 g/mol. The SMILES string of the molecule is CC(C)Oc1ccc(COc2ccc3c(c2)CCN(S(=O)(=O)CCC(=O)O)C3)cc1C#N. The second-order valence-electron chi connectivity index (χ2n) is 7.87. The number of carboxylic acid groups (broad SMARTS) is 1. The van der Waals surface area contributed by atoms with Crippen LogP contribution in [0.15, 0.2) is 36.4 Å². The van der Waals surface area contributed by atoms with Crippen LogP contribution in [0.5, 0.6) is 11.5 Å². The summed E-state index contributed by atoms with van der Waals surface area (Å²) in [6.45, 7) is 4.62. The topological polar surface area (TPSA) is 117 Å². The summed E-state index contributed by atoms with van der Waals surface area (Å²) in [7, 11) is -3.61. The van der Waals surface area contributed by atoms with Gasteiger partial charge >= 0.3 is 5.97 Å². The molecule has 8 nitrogen and oxygen atoms in total. The third-order valence-corrected chi connectivity index (χ3v) is 6.87. The van der Waals surface area contributed by atoms with E-state index in [0.717, 1.165) is 16.7 Å². The molecule has 1 aliphatic rings. The van der Waals surface area contributed by atoms with Crippen LogP contribution in [0.25, 0.3) is 0 Å². The van der Waals surface area contributed by atoms with Gasteiger partial charge in [-0.3, -0.25) is 4.79 Å². The minimum Gasteiger partial charge on any atom is -0.490 e. The number of carboxylic acids is 1. The highest BCUT2D eigenvalue weighted by molar-refractivity contribution is 7.89. The minimum atomic E-state index is -3.61. The van der Waals surface area contributed by atoms with Crippen molar-refractivity contribution in [2.75, 3.05) is 12.3 Å². The summed E-state index contributed by atoms with van der Waals surface area (Å²) in [6, 6.07) is 13.0. The number of hydrogen-bond acceptors (Lipinski definition) is 6. The maximum absolute atomic E-state index is 12.4. The molecule has 1 heterocycles. The second kappa shape index (κ2) is 10.0. The fourth-order valence-electron chi connectivity index (χ4n) is 3.45. The number of ether oxygens (including phenoxy) is 2. The fraction of sp³-hybridized carbons (Fsp3) is 0.391. The van der Waals surface area contributed by atoms with Gasteiger partial charge in [-0.1, -0.05) is 12.1 Å². The Morgan fingerprint density at radius 2 is 2.00 bits per heavy atom. The molecule has 0 saturated carbocycles. The van der Waals surface area contributed by atoms with Crippen LogP contribution in [0.3, 0.4) is 0 Å². The molecule has 2 aromatic carbocycles. The molecule has 3 rings (SSSR count). The van der Waals surface area contributed by atoms with E-state index in [1.807, 2.05) is 32.0 Å². The molecule has 1 N–H and O–H groups in total. The van der Waals surface area contributed by atoms with Gasteiger partial charge in [-0.25, -0.2) is 8.42 Å². The summed E-state index contributed by atoms with van der Waals surface area (Å²) in [5, 5.41) is 18.1.